The van der Waals surface area contributed by atoms with Gasteiger partial charge in [0.1, 0.15) is 36.0 Å². The number of amides is 1. The van der Waals surface area contributed by atoms with Crippen LogP contribution in [0.25, 0.3) is 11.0 Å². The number of carboxylic acids is 1. The van der Waals surface area contributed by atoms with Gasteiger partial charge in [-0.25, -0.2) is 9.59 Å². The third-order valence-corrected chi connectivity index (χ3v) is 6.84. The molecule has 2 aliphatic heterocycles. The normalized spacial score (nSPS) is 21.8. The molecule has 1 aromatic heterocycles. The van der Waals surface area contributed by atoms with Gasteiger partial charge in [-0.05, 0) is 42.8 Å². The molecule has 5 rings (SSSR count). The van der Waals surface area contributed by atoms with Gasteiger partial charge in [-0.3, -0.25) is 4.79 Å². The van der Waals surface area contributed by atoms with Crippen molar-refractivity contribution in [1.82, 2.24) is 4.90 Å². The number of carbonyl (C=O) groups is 2. The first-order valence-corrected chi connectivity index (χ1v) is 11.6. The number of aliphatic hydroxyl groups is 1. The Morgan fingerprint density at radius 3 is 2.39 bits per heavy atom. The molecule has 0 radical (unpaired) electrons. The van der Waals surface area contributed by atoms with Crippen molar-refractivity contribution in [2.75, 3.05) is 6.61 Å². The van der Waals surface area contributed by atoms with Crippen LogP contribution < -0.4 is 15.1 Å². The first-order valence-electron chi connectivity index (χ1n) is 11.6. The van der Waals surface area contributed by atoms with Crippen molar-refractivity contribution < 1.29 is 33.7 Å². The van der Waals surface area contributed by atoms with Crippen molar-refractivity contribution in [2.45, 2.75) is 32.6 Å². The third kappa shape index (κ3) is 4.11. The fourth-order valence-corrected chi connectivity index (χ4v) is 4.97. The second-order valence-corrected chi connectivity index (χ2v) is 9.11. The number of ether oxygens (including phenoxy) is 2. The lowest BCUT2D eigenvalue weighted by molar-refractivity contribution is -0.163. The Morgan fingerprint density at radius 1 is 1.03 bits per heavy atom. The molecule has 1 fully saturated rings. The molecule has 186 valence electrons. The predicted molar refractivity (Wildman–Crippen MR) is 128 cm³/mol. The summed E-state index contributed by atoms with van der Waals surface area (Å²) in [5.74, 6) is -1.29. The summed E-state index contributed by atoms with van der Waals surface area (Å²) in [6.07, 6.45) is -0.848. The smallest absolute Gasteiger partial charge is 0.352 e. The largest absolute Gasteiger partial charge is 0.489 e. The Kier molecular flexibility index (Phi) is 6.01. The molecular formula is C27H25NO8. The minimum atomic E-state index is -1.18. The van der Waals surface area contributed by atoms with Gasteiger partial charge in [0.25, 0.3) is 0 Å². The first-order chi connectivity index (χ1) is 17.2. The number of hydrogen-bond donors (Lipinski definition) is 2. The average molecular weight is 491 g/mol. The maximum absolute atomic E-state index is 12.4. The van der Waals surface area contributed by atoms with Crippen LogP contribution in [0.2, 0.25) is 0 Å². The molecule has 4 atom stereocenters. The number of β-lactam (4-membered cyclic amide) rings is 1. The van der Waals surface area contributed by atoms with E-state index in [4.69, 9.17) is 13.9 Å². The van der Waals surface area contributed by atoms with Crippen molar-refractivity contribution in [3.63, 3.8) is 0 Å². The van der Waals surface area contributed by atoms with Crippen LogP contribution in [0.5, 0.6) is 11.5 Å². The molecule has 36 heavy (non-hydrogen) atoms. The maximum atomic E-state index is 12.4. The zero-order valence-corrected chi connectivity index (χ0v) is 19.7. The van der Waals surface area contributed by atoms with E-state index in [0.717, 1.165) is 10.9 Å². The summed E-state index contributed by atoms with van der Waals surface area (Å²) in [7, 11) is 0. The number of rotatable bonds is 8. The molecule has 0 spiro atoms. The highest BCUT2D eigenvalue weighted by atomic mass is 16.5. The summed E-state index contributed by atoms with van der Waals surface area (Å²) in [5, 5.41) is 20.5. The van der Waals surface area contributed by atoms with Gasteiger partial charge in [0.05, 0.1) is 18.1 Å². The van der Waals surface area contributed by atoms with Crippen molar-refractivity contribution in [1.29, 1.82) is 0 Å². The highest BCUT2D eigenvalue weighted by Crippen LogP contribution is 2.47. The van der Waals surface area contributed by atoms with Crippen LogP contribution in [-0.4, -0.2) is 45.7 Å². The molecule has 2 aliphatic rings. The molecule has 0 saturated carbocycles. The molecule has 9 nitrogen and oxygen atoms in total. The number of aliphatic hydroxyl groups excluding tert-OH is 1. The lowest BCUT2D eigenvalue weighted by atomic mass is 9.78. The van der Waals surface area contributed by atoms with Crippen LogP contribution >= 0.6 is 0 Å². The summed E-state index contributed by atoms with van der Waals surface area (Å²) in [6.45, 7) is 3.71. The second kappa shape index (κ2) is 9.16. The van der Waals surface area contributed by atoms with Crippen molar-refractivity contribution in [3.8, 4) is 11.5 Å². The molecular weight excluding hydrogens is 466 g/mol. The standard InChI is InChI=1S/C27H25NO8/c1-14-20(25(27(32)33)28-24(14)23(15(2)29)26(28)31)13-35-18-7-3-16(4-8-18)12-34-19-9-5-17-6-10-22(30)36-21(17)11-19/h3-11,14-15,23-24,29H,12-13H2,1-2H3,(H,32,33)/t14-,15?,23+,24+/m0/s1. The summed E-state index contributed by atoms with van der Waals surface area (Å²) >= 11 is 0. The maximum Gasteiger partial charge on any atom is 0.352 e. The highest BCUT2D eigenvalue weighted by molar-refractivity contribution is 6.00. The van der Waals surface area contributed by atoms with E-state index >= 15 is 0 Å². The SMILES string of the molecule is CC(O)[C@H]1C(=O)N2C(C(=O)O)=C(COc3ccc(COc4ccc5ccc(=O)oc5c4)cc3)[C@H](C)[C@H]12. The van der Waals surface area contributed by atoms with E-state index < -0.39 is 23.6 Å². The van der Waals surface area contributed by atoms with Crippen LogP contribution in [0.15, 0.2) is 75.1 Å². The van der Waals surface area contributed by atoms with Gasteiger partial charge in [-0.1, -0.05) is 19.1 Å². The monoisotopic (exact) mass is 491 g/mol. The Labute approximate surface area is 206 Å². The van der Waals surface area contributed by atoms with Gasteiger partial charge in [-0.15, -0.1) is 0 Å². The highest BCUT2D eigenvalue weighted by Gasteiger charge is 2.59. The van der Waals surface area contributed by atoms with Crippen molar-refractivity contribution in [3.05, 3.63) is 81.9 Å². The number of nitrogens with zero attached hydrogens (tertiary/aromatic N) is 1. The second-order valence-electron chi connectivity index (χ2n) is 9.11. The number of fused-ring (bicyclic) bond motifs is 2. The molecule has 1 saturated heterocycles. The lowest BCUT2D eigenvalue weighted by Crippen LogP contribution is -2.63. The molecule has 2 N–H and O–H groups in total. The van der Waals surface area contributed by atoms with Gasteiger partial charge in [-0.2, -0.15) is 0 Å². The number of carbonyl (C=O) groups excluding carboxylic acids is 1. The Morgan fingerprint density at radius 2 is 1.69 bits per heavy atom. The molecule has 3 aromatic rings. The van der Waals surface area contributed by atoms with Crippen LogP contribution in [0.3, 0.4) is 0 Å². The lowest BCUT2D eigenvalue weighted by Gasteiger charge is -2.46. The van der Waals surface area contributed by atoms with E-state index in [1.807, 2.05) is 25.1 Å². The van der Waals surface area contributed by atoms with Crippen LogP contribution in [0.4, 0.5) is 0 Å². The van der Waals surface area contributed by atoms with Gasteiger partial charge in [0.15, 0.2) is 0 Å². The van der Waals surface area contributed by atoms with E-state index in [0.29, 0.717) is 22.7 Å². The van der Waals surface area contributed by atoms with E-state index in [2.05, 4.69) is 0 Å². The van der Waals surface area contributed by atoms with E-state index in [1.165, 1.54) is 11.0 Å². The van der Waals surface area contributed by atoms with Gasteiger partial charge in [0.2, 0.25) is 5.91 Å². The molecule has 0 aliphatic carbocycles. The minimum absolute atomic E-state index is 0.0216. The molecule has 3 heterocycles. The number of benzene rings is 2. The summed E-state index contributed by atoms with van der Waals surface area (Å²) < 4.78 is 16.9. The summed E-state index contributed by atoms with van der Waals surface area (Å²) in [5.41, 5.74) is 1.38. The number of hydrogen-bond acceptors (Lipinski definition) is 7. The molecule has 0 bridgehead atoms. The zero-order valence-electron chi connectivity index (χ0n) is 19.7. The summed E-state index contributed by atoms with van der Waals surface area (Å²) in [4.78, 5) is 37.0. The van der Waals surface area contributed by atoms with Crippen LogP contribution in [0.1, 0.15) is 19.4 Å². The molecule has 1 unspecified atom stereocenters. The molecule has 2 aromatic carbocycles. The van der Waals surface area contributed by atoms with Crippen LogP contribution in [0, 0.1) is 11.8 Å². The van der Waals surface area contributed by atoms with E-state index in [-0.39, 0.29) is 36.8 Å². The third-order valence-electron chi connectivity index (χ3n) is 6.84. The molecule has 9 heteroatoms. The van der Waals surface area contributed by atoms with E-state index in [1.54, 1.807) is 37.3 Å². The Balaban J connectivity index is 1.23. The average Bonchev–Trinajstić information content (AvgIpc) is 3.09. The van der Waals surface area contributed by atoms with Crippen molar-refractivity contribution in [2.24, 2.45) is 11.8 Å². The van der Waals surface area contributed by atoms with Gasteiger partial charge in [0, 0.05) is 29.0 Å². The van der Waals surface area contributed by atoms with E-state index in [9.17, 15) is 24.6 Å². The number of carboxylic acid groups (broad SMARTS) is 1. The Hall–Kier alpha value is -4.11. The molecule has 1 amide bonds. The zero-order chi connectivity index (χ0) is 25.6. The quantitative estimate of drug-likeness (QED) is 0.364. The summed E-state index contributed by atoms with van der Waals surface area (Å²) in [6, 6.07) is 15.2. The fraction of sp³-hybridized carbons (Fsp3) is 0.296. The predicted octanol–water partition coefficient (Wildman–Crippen LogP) is 2.95. The Bertz CT molecular complexity index is 1420. The van der Waals surface area contributed by atoms with Gasteiger partial charge >= 0.3 is 11.6 Å². The number of aliphatic carboxylic acids is 1. The van der Waals surface area contributed by atoms with Crippen LogP contribution in [-0.2, 0) is 16.2 Å². The van der Waals surface area contributed by atoms with Crippen molar-refractivity contribution >= 4 is 22.8 Å². The fourth-order valence-electron chi connectivity index (χ4n) is 4.97. The first kappa shape index (κ1) is 23.6. The topological polar surface area (TPSA) is 127 Å². The minimum Gasteiger partial charge on any atom is -0.489 e. The van der Waals surface area contributed by atoms with Gasteiger partial charge < -0.3 is 29.0 Å².